The Balaban J connectivity index is 1.77. The number of hydrogen-bond acceptors (Lipinski definition) is 18. The molecule has 0 spiro atoms. The Hall–Kier alpha value is -2.86. The number of ether oxygens (including phenoxy) is 7. The number of likely N-dealkylation sites (N-methyl/N-ethyl adjacent to an activating group) is 2. The van der Waals surface area contributed by atoms with Crippen molar-refractivity contribution in [1.29, 1.82) is 0 Å². The highest BCUT2D eigenvalue weighted by atomic mass is 16.7. The number of aromatic amines is 1. The fourth-order valence-corrected chi connectivity index (χ4v) is 10.3. The smallest absolute Gasteiger partial charge is 0.329 e. The van der Waals surface area contributed by atoms with Crippen LogP contribution in [0.25, 0.3) is 0 Å². The van der Waals surface area contributed by atoms with E-state index >= 15 is 0 Å². The Morgan fingerprint density at radius 2 is 1.72 bits per heavy atom. The first-order chi connectivity index (χ1) is 31.1. The predicted octanol–water partition coefficient (Wildman–Crippen LogP) is 1.25. The molecule has 0 aromatic carbocycles. The van der Waals surface area contributed by atoms with Crippen molar-refractivity contribution in [2.45, 2.75) is 211 Å². The summed E-state index contributed by atoms with van der Waals surface area (Å²) >= 11 is 0. The van der Waals surface area contributed by atoms with Crippen LogP contribution in [0.1, 0.15) is 108 Å². The van der Waals surface area contributed by atoms with Crippen LogP contribution in [-0.2, 0) is 54.0 Å². The number of nitrogens with one attached hydrogen (secondary N) is 2. The maximum atomic E-state index is 14.6. The van der Waals surface area contributed by atoms with Gasteiger partial charge in [-0.15, -0.1) is 0 Å². The zero-order valence-corrected chi connectivity index (χ0v) is 42.5. The summed E-state index contributed by atoms with van der Waals surface area (Å²) in [5.41, 5.74) is 1.63. The highest BCUT2D eigenvalue weighted by Gasteiger charge is 2.54. The number of nitrogens with two attached hydrogens (primary N) is 1. The van der Waals surface area contributed by atoms with E-state index in [2.05, 4.69) is 15.3 Å². The van der Waals surface area contributed by atoms with Crippen LogP contribution in [0, 0.1) is 17.8 Å². The van der Waals surface area contributed by atoms with Gasteiger partial charge < -0.3 is 79.4 Å². The van der Waals surface area contributed by atoms with Gasteiger partial charge in [-0.1, -0.05) is 20.8 Å². The molecule has 20 nitrogen and oxygen atoms in total. The lowest BCUT2D eigenvalue weighted by atomic mass is 9.77. The van der Waals surface area contributed by atoms with Gasteiger partial charge in [-0.25, -0.2) is 9.78 Å². The van der Waals surface area contributed by atoms with Crippen molar-refractivity contribution in [2.75, 3.05) is 34.8 Å². The third kappa shape index (κ3) is 13.7. The van der Waals surface area contributed by atoms with Crippen LogP contribution >= 0.6 is 0 Å². The van der Waals surface area contributed by atoms with Crippen LogP contribution in [0.4, 0.5) is 0 Å². The Bertz CT molecular complexity index is 1740. The second-order valence-corrected chi connectivity index (χ2v) is 20.7. The highest BCUT2D eigenvalue weighted by Crippen LogP contribution is 2.41. The topological polar surface area (TPSA) is 270 Å². The molecule has 3 saturated heterocycles. The van der Waals surface area contributed by atoms with Crippen LogP contribution in [0.15, 0.2) is 12.5 Å². The molecule has 8 N–H and O–H groups in total. The van der Waals surface area contributed by atoms with Crippen molar-refractivity contribution < 1.29 is 68.0 Å². The van der Waals surface area contributed by atoms with Gasteiger partial charge in [-0.3, -0.25) is 9.59 Å². The number of nitrogens with zero attached hydrogens (tertiary/aromatic N) is 3. The molecule has 3 unspecified atom stereocenters. The van der Waals surface area contributed by atoms with E-state index in [-0.39, 0.29) is 43.7 Å². The second-order valence-electron chi connectivity index (χ2n) is 20.7. The van der Waals surface area contributed by atoms with Crippen molar-refractivity contribution in [3.63, 3.8) is 0 Å². The van der Waals surface area contributed by atoms with E-state index in [0.29, 0.717) is 18.7 Å². The molecular formula is C47H84N6O14. The zero-order chi connectivity index (χ0) is 50.5. The number of aliphatic hydroxyl groups excluding tert-OH is 2. The number of cyclic esters (lactones) is 1. The zero-order valence-electron chi connectivity index (χ0n) is 42.5. The number of H-pyrrole nitrogens is 1. The number of hydrogen-bond donors (Lipinski definition) is 7. The normalized spacial score (nSPS) is 41.9. The first-order valence-corrected chi connectivity index (χ1v) is 23.9. The number of rotatable bonds is 13. The van der Waals surface area contributed by atoms with E-state index in [1.54, 1.807) is 48.5 Å². The molecule has 0 saturated carbocycles. The summed E-state index contributed by atoms with van der Waals surface area (Å²) in [7, 11) is 7.02. The van der Waals surface area contributed by atoms with Crippen LogP contribution in [-0.4, -0.2) is 195 Å². The molecule has 3 aliphatic heterocycles. The van der Waals surface area contributed by atoms with Crippen molar-refractivity contribution in [2.24, 2.45) is 23.5 Å². The molecule has 0 aliphatic carbocycles. The summed E-state index contributed by atoms with van der Waals surface area (Å²) in [5, 5.41) is 50.7. The first-order valence-electron chi connectivity index (χ1n) is 23.9. The highest BCUT2D eigenvalue weighted by molar-refractivity contribution is 5.87. The minimum atomic E-state index is -1.87. The fourth-order valence-electron chi connectivity index (χ4n) is 10.3. The van der Waals surface area contributed by atoms with Crippen LogP contribution in [0.5, 0.6) is 0 Å². The Labute approximate surface area is 397 Å². The van der Waals surface area contributed by atoms with Gasteiger partial charge in [0.25, 0.3) is 0 Å². The summed E-state index contributed by atoms with van der Waals surface area (Å²) in [4.78, 5) is 52.0. The molecular weight excluding hydrogens is 873 g/mol. The molecule has 20 heteroatoms. The maximum Gasteiger partial charge on any atom is 0.329 e. The van der Waals surface area contributed by atoms with Crippen molar-refractivity contribution >= 4 is 17.8 Å². The largest absolute Gasteiger partial charge is 0.459 e. The van der Waals surface area contributed by atoms with Gasteiger partial charge in [0.1, 0.15) is 35.6 Å². The summed E-state index contributed by atoms with van der Waals surface area (Å²) in [6, 6.07) is -2.96. The number of esters is 2. The second kappa shape index (κ2) is 23.4. The standard InChI is InChI=1S/C47H84N6O14/c1-16-34-47(11,60)38(55)29(7)53(14)22-24(2)19-45(9,59)39(67-44-36(54)33(52(12)13)17-25(3)62-44)26(4)37(27(5)42(57)64-34)65-35-20-46(10,61-15)40(30(8)63-35)66-43(58)32(51-41(56)28(6)48)18-31-21-49-23-50-31/h21,23-30,32-40,44,54-55,59-60H,16-20,22,48H2,1-15H3,(H,49,50)(H,51,56)/t24-,25-,26+,27-,28?,29-,30+,32?,33+,34-,35?,36-,37+,38-,39-,40+,44+,45-,46-,47-/m1/s1. The lowest BCUT2D eigenvalue weighted by Gasteiger charge is -2.49. The third-order valence-electron chi connectivity index (χ3n) is 14.4. The van der Waals surface area contributed by atoms with Gasteiger partial charge in [0.15, 0.2) is 18.7 Å². The van der Waals surface area contributed by atoms with Crippen LogP contribution < -0.4 is 11.1 Å². The van der Waals surface area contributed by atoms with Gasteiger partial charge >= 0.3 is 11.9 Å². The molecule has 1 aromatic heterocycles. The molecule has 4 rings (SSSR count). The number of carbonyl (C=O) groups is 3. The van der Waals surface area contributed by atoms with Gasteiger partial charge in [0, 0.05) is 56.4 Å². The quantitative estimate of drug-likeness (QED) is 0.137. The number of aliphatic hydroxyl groups is 4. The molecule has 1 aromatic rings. The lowest BCUT2D eigenvalue weighted by Crippen LogP contribution is -2.61. The van der Waals surface area contributed by atoms with E-state index in [4.69, 9.17) is 38.9 Å². The summed E-state index contributed by atoms with van der Waals surface area (Å²) in [6.45, 7) is 19.2. The van der Waals surface area contributed by atoms with Crippen molar-refractivity contribution in [3.8, 4) is 0 Å². The van der Waals surface area contributed by atoms with Crippen LogP contribution in [0.2, 0.25) is 0 Å². The molecule has 386 valence electrons. The van der Waals surface area contributed by atoms with Crippen LogP contribution in [0.3, 0.4) is 0 Å². The first kappa shape index (κ1) is 56.7. The van der Waals surface area contributed by atoms with Gasteiger partial charge in [-0.05, 0) is 102 Å². The number of aromatic nitrogens is 2. The number of imidazole rings is 1. The summed E-state index contributed by atoms with van der Waals surface area (Å²) in [5.74, 6) is -4.26. The SMILES string of the molecule is CC[C@H]1OC(=O)[C@H](C)[C@@H](OC2C[C@@](C)(OC)[C@@H](OC(=O)C(Cc3cnc[nH]3)NC(=O)C(C)N)[C@H](C)O2)[C@H](C)[C@@H](O[C@@H]2O[C@H](C)C[C@H](N(C)C)[C@H]2O)[C@](C)(O)C[C@@H](C)CN(C)[C@H](C)[C@@H](O)[C@]1(C)O. The van der Waals surface area contributed by atoms with Crippen molar-refractivity contribution in [1.82, 2.24) is 25.1 Å². The molecule has 3 aliphatic rings. The van der Waals surface area contributed by atoms with E-state index in [9.17, 15) is 34.8 Å². The van der Waals surface area contributed by atoms with E-state index in [1.807, 2.05) is 44.8 Å². The number of methoxy groups -OCH3 is 1. The van der Waals surface area contributed by atoms with Crippen molar-refractivity contribution in [3.05, 3.63) is 18.2 Å². The molecule has 67 heavy (non-hydrogen) atoms. The van der Waals surface area contributed by atoms with E-state index in [1.165, 1.54) is 33.5 Å². The minimum Gasteiger partial charge on any atom is -0.459 e. The molecule has 3 fully saturated rings. The van der Waals surface area contributed by atoms with Gasteiger partial charge in [0.05, 0.1) is 48.3 Å². The Morgan fingerprint density at radius 1 is 1.06 bits per heavy atom. The average Bonchev–Trinajstić information content (AvgIpc) is 3.76. The molecule has 1 amide bonds. The maximum absolute atomic E-state index is 14.6. The monoisotopic (exact) mass is 957 g/mol. The molecule has 0 bridgehead atoms. The Kier molecular flexibility index (Phi) is 19.8. The molecule has 0 radical (unpaired) electrons. The van der Waals surface area contributed by atoms with E-state index in [0.717, 1.165) is 0 Å². The summed E-state index contributed by atoms with van der Waals surface area (Å²) < 4.78 is 44.8. The Morgan fingerprint density at radius 3 is 2.28 bits per heavy atom. The minimum absolute atomic E-state index is 0.0255. The fraction of sp³-hybridized carbons (Fsp3) is 0.872. The number of amides is 1. The van der Waals surface area contributed by atoms with E-state index < -0.39 is 120 Å². The lowest BCUT2D eigenvalue weighted by molar-refractivity contribution is -0.319. The summed E-state index contributed by atoms with van der Waals surface area (Å²) in [6.07, 6.45) is -6.50. The number of carbonyl (C=O) groups excluding carboxylic acids is 3. The average molecular weight is 957 g/mol. The van der Waals surface area contributed by atoms with Gasteiger partial charge in [0.2, 0.25) is 5.91 Å². The predicted molar refractivity (Wildman–Crippen MR) is 246 cm³/mol. The third-order valence-corrected chi connectivity index (χ3v) is 14.4. The van der Waals surface area contributed by atoms with Gasteiger partial charge in [-0.2, -0.15) is 0 Å². The molecule has 20 atom stereocenters. The molecule has 4 heterocycles.